The summed E-state index contributed by atoms with van der Waals surface area (Å²) in [4.78, 5) is 13.2. The van der Waals surface area contributed by atoms with Gasteiger partial charge in [0.25, 0.3) is 0 Å². The van der Waals surface area contributed by atoms with Gasteiger partial charge in [-0.25, -0.2) is 0 Å². The van der Waals surface area contributed by atoms with Crippen LogP contribution in [0.15, 0.2) is 0 Å². The average molecular weight is 498 g/mol. The van der Waals surface area contributed by atoms with Crippen LogP contribution < -0.4 is 5.32 Å². The van der Waals surface area contributed by atoms with Crippen molar-refractivity contribution in [2.45, 2.75) is 134 Å². The number of thioether (sulfide) groups is 2. The molecular formula is C27H47NOS3. The second kappa shape index (κ2) is 12.8. The van der Waals surface area contributed by atoms with E-state index in [9.17, 15) is 4.79 Å². The van der Waals surface area contributed by atoms with Crippen LogP contribution in [0.25, 0.3) is 0 Å². The van der Waals surface area contributed by atoms with Gasteiger partial charge in [-0.2, -0.15) is 0 Å². The maximum atomic E-state index is 13.2. The Morgan fingerprint density at radius 3 is 1.84 bits per heavy atom. The number of amides is 1. The van der Waals surface area contributed by atoms with E-state index in [0.717, 1.165) is 27.0 Å². The minimum atomic E-state index is -0.481. The zero-order chi connectivity index (χ0) is 23.0. The highest BCUT2D eigenvalue weighted by Crippen LogP contribution is 2.55. The largest absolute Gasteiger partial charge is 0.349 e. The third kappa shape index (κ3) is 8.18. The summed E-state index contributed by atoms with van der Waals surface area (Å²) >= 11 is 9.04. The summed E-state index contributed by atoms with van der Waals surface area (Å²) < 4.78 is 0.456. The normalized spacial score (nSPS) is 28.8. The Balaban J connectivity index is 1.27. The summed E-state index contributed by atoms with van der Waals surface area (Å²) in [6.45, 7) is 6.39. The number of hydrogen-bond donors (Lipinski definition) is 1. The molecule has 0 aromatic heterocycles. The summed E-state index contributed by atoms with van der Waals surface area (Å²) in [5.41, 5.74) is 0.0917. The molecule has 1 N–H and O–H groups in total. The molecule has 0 heterocycles. The van der Waals surface area contributed by atoms with Crippen LogP contribution in [0.1, 0.15) is 124 Å². The highest BCUT2D eigenvalue weighted by molar-refractivity contribution is 8.47. The van der Waals surface area contributed by atoms with Crippen LogP contribution in [0.3, 0.4) is 0 Å². The molecular weight excluding hydrogens is 451 g/mol. The first-order valence-corrected chi connectivity index (χ1v) is 15.7. The molecule has 0 radical (unpaired) electrons. The number of carbonyl (C=O) groups is 1. The van der Waals surface area contributed by atoms with Crippen LogP contribution in [0, 0.1) is 17.8 Å². The Morgan fingerprint density at radius 2 is 1.34 bits per heavy atom. The van der Waals surface area contributed by atoms with E-state index >= 15 is 0 Å². The second-order valence-electron chi connectivity index (χ2n) is 11.5. The summed E-state index contributed by atoms with van der Waals surface area (Å²) in [6.07, 6.45) is 21.5. The minimum Gasteiger partial charge on any atom is -0.349 e. The van der Waals surface area contributed by atoms with Gasteiger partial charge in [-0.15, -0.1) is 11.8 Å². The molecule has 2 nitrogen and oxygen atoms in total. The summed E-state index contributed by atoms with van der Waals surface area (Å²) in [5, 5.41) is 3.55. The zero-order valence-electron chi connectivity index (χ0n) is 20.9. The molecule has 4 aliphatic carbocycles. The second-order valence-corrected chi connectivity index (χ2v) is 15.5. The van der Waals surface area contributed by atoms with Gasteiger partial charge in [0.2, 0.25) is 5.91 Å². The van der Waals surface area contributed by atoms with Crippen LogP contribution in [0.5, 0.6) is 0 Å². The predicted molar refractivity (Wildman–Crippen MR) is 148 cm³/mol. The fraction of sp³-hybridized carbons (Fsp3) is 0.926. The average Bonchev–Trinajstić information content (AvgIpc) is 2.70. The van der Waals surface area contributed by atoms with Gasteiger partial charge in [-0.05, 0) is 82.3 Å². The molecule has 0 aliphatic heterocycles. The lowest BCUT2D eigenvalue weighted by molar-refractivity contribution is -0.128. The van der Waals surface area contributed by atoms with Crippen LogP contribution >= 0.6 is 35.7 Å². The standard InChI is InChI=1S/C27H47NOS3/c1-4-5-6-7-8-9-10-11-12-13-14-31-25(30)32-26(2,3)24(29)28-27-18-21-15-22(19-27)17-23(16-21)20-27/h21-23H,4-20H2,1-3H3,(H,28,29). The van der Waals surface area contributed by atoms with Gasteiger partial charge in [-0.3, -0.25) is 4.79 Å². The molecule has 0 spiro atoms. The predicted octanol–water partition coefficient (Wildman–Crippen LogP) is 8.52. The van der Waals surface area contributed by atoms with Crippen LogP contribution in [-0.2, 0) is 4.79 Å². The van der Waals surface area contributed by atoms with Gasteiger partial charge < -0.3 is 5.32 Å². The first kappa shape index (κ1) is 26.9. The number of hydrogen-bond acceptors (Lipinski definition) is 4. The van der Waals surface area contributed by atoms with E-state index in [1.807, 2.05) is 0 Å². The molecule has 4 saturated carbocycles. The Kier molecular flexibility index (Phi) is 10.8. The zero-order valence-corrected chi connectivity index (χ0v) is 23.3. The molecule has 0 unspecified atom stereocenters. The molecule has 0 aromatic rings. The van der Waals surface area contributed by atoms with Crippen LogP contribution in [0.4, 0.5) is 0 Å². The van der Waals surface area contributed by atoms with E-state index in [4.69, 9.17) is 12.2 Å². The monoisotopic (exact) mass is 497 g/mol. The lowest BCUT2D eigenvalue weighted by Gasteiger charge is -2.57. The lowest BCUT2D eigenvalue weighted by Crippen LogP contribution is -2.62. The first-order chi connectivity index (χ1) is 15.3. The molecule has 0 saturated heterocycles. The Hall–Kier alpha value is 0.260. The summed E-state index contributed by atoms with van der Waals surface area (Å²) in [7, 11) is 0. The van der Waals surface area contributed by atoms with E-state index in [-0.39, 0.29) is 11.4 Å². The fourth-order valence-electron chi connectivity index (χ4n) is 6.68. The number of rotatable bonds is 14. The molecule has 4 rings (SSSR count). The van der Waals surface area contributed by atoms with E-state index in [1.165, 1.54) is 103 Å². The van der Waals surface area contributed by atoms with Gasteiger partial charge in [0.1, 0.15) is 3.53 Å². The third-order valence-electron chi connectivity index (χ3n) is 8.02. The van der Waals surface area contributed by atoms with E-state index in [0.29, 0.717) is 0 Å². The van der Waals surface area contributed by atoms with Crippen molar-refractivity contribution in [3.8, 4) is 0 Å². The first-order valence-electron chi connectivity index (χ1n) is 13.5. The van der Waals surface area contributed by atoms with Crippen LogP contribution in [0.2, 0.25) is 0 Å². The quantitative estimate of drug-likeness (QED) is 0.192. The van der Waals surface area contributed by atoms with Crippen molar-refractivity contribution in [1.29, 1.82) is 0 Å². The lowest BCUT2D eigenvalue weighted by atomic mass is 9.53. The van der Waals surface area contributed by atoms with Crippen molar-refractivity contribution in [1.82, 2.24) is 5.32 Å². The molecule has 32 heavy (non-hydrogen) atoms. The molecule has 4 fully saturated rings. The van der Waals surface area contributed by atoms with Gasteiger partial charge in [0.15, 0.2) is 0 Å². The Bertz CT molecular complexity index is 583. The third-order valence-corrected chi connectivity index (χ3v) is 10.8. The molecule has 4 aliphatic rings. The molecule has 184 valence electrons. The van der Waals surface area contributed by atoms with Gasteiger partial charge in [0.05, 0.1) is 4.75 Å². The minimum absolute atomic E-state index is 0.0917. The molecule has 4 bridgehead atoms. The van der Waals surface area contributed by atoms with Crippen molar-refractivity contribution in [2.24, 2.45) is 17.8 Å². The van der Waals surface area contributed by atoms with Crippen LogP contribution in [-0.4, -0.2) is 25.5 Å². The van der Waals surface area contributed by atoms with Gasteiger partial charge in [-0.1, -0.05) is 88.7 Å². The number of nitrogens with one attached hydrogen (secondary N) is 1. The summed E-state index contributed by atoms with van der Waals surface area (Å²) in [6, 6.07) is 0. The number of carbonyl (C=O) groups excluding carboxylic acids is 1. The van der Waals surface area contributed by atoms with Crippen molar-refractivity contribution in [3.05, 3.63) is 0 Å². The van der Waals surface area contributed by atoms with Crippen molar-refractivity contribution in [2.75, 3.05) is 5.75 Å². The molecule has 0 aromatic carbocycles. The molecule has 0 atom stereocenters. The van der Waals surface area contributed by atoms with E-state index in [2.05, 4.69) is 26.1 Å². The summed E-state index contributed by atoms with van der Waals surface area (Å²) in [5.74, 6) is 3.86. The highest BCUT2D eigenvalue weighted by Gasteiger charge is 2.52. The Labute approximate surface area is 212 Å². The van der Waals surface area contributed by atoms with E-state index in [1.54, 1.807) is 23.5 Å². The van der Waals surface area contributed by atoms with Crippen molar-refractivity contribution >= 4 is 45.2 Å². The van der Waals surface area contributed by atoms with Gasteiger partial charge >= 0.3 is 0 Å². The highest BCUT2D eigenvalue weighted by atomic mass is 32.2. The Morgan fingerprint density at radius 1 is 0.875 bits per heavy atom. The SMILES string of the molecule is CCCCCCCCCCCCSC(=S)SC(C)(C)C(=O)NC12CC3CC(CC(C3)C1)C2. The van der Waals surface area contributed by atoms with Crippen molar-refractivity contribution in [3.63, 3.8) is 0 Å². The van der Waals surface area contributed by atoms with Crippen molar-refractivity contribution < 1.29 is 4.79 Å². The molecule has 5 heteroatoms. The fourth-order valence-corrected chi connectivity index (χ4v) is 9.75. The maximum absolute atomic E-state index is 13.2. The maximum Gasteiger partial charge on any atom is 0.236 e. The van der Waals surface area contributed by atoms with E-state index < -0.39 is 4.75 Å². The van der Waals surface area contributed by atoms with Gasteiger partial charge in [0, 0.05) is 5.54 Å². The number of thiocarbonyl (C=S) groups is 1. The smallest absolute Gasteiger partial charge is 0.236 e. The number of unbranched alkanes of at least 4 members (excludes halogenated alkanes) is 9. The topological polar surface area (TPSA) is 29.1 Å². The molecule has 1 amide bonds.